The monoisotopic (exact) mass is 320 g/mol. The lowest BCUT2D eigenvalue weighted by atomic mass is 10.3. The number of hydrogen-bond acceptors (Lipinski definition) is 5. The lowest BCUT2D eigenvalue weighted by molar-refractivity contribution is -0.113. The molecule has 0 saturated heterocycles. The van der Waals surface area contributed by atoms with Gasteiger partial charge in [0.15, 0.2) is 5.16 Å². The average molecular weight is 320 g/mol. The fraction of sp³-hybridized carbons (Fsp3) is 0.400. The van der Waals surface area contributed by atoms with Gasteiger partial charge in [0.05, 0.1) is 12.9 Å². The maximum absolute atomic E-state index is 12.0. The van der Waals surface area contributed by atoms with Crippen LogP contribution in [0.1, 0.15) is 19.2 Å². The molecule has 7 heteroatoms. The van der Waals surface area contributed by atoms with Crippen LogP contribution in [-0.4, -0.2) is 33.5 Å². The number of aryl methyl sites for hydroxylation is 1. The second-order valence-electron chi connectivity index (χ2n) is 4.75. The largest absolute Gasteiger partial charge is 0.497 e. The van der Waals surface area contributed by atoms with Crippen LogP contribution in [0.15, 0.2) is 29.4 Å². The predicted molar refractivity (Wildman–Crippen MR) is 87.4 cm³/mol. The first-order valence-corrected chi connectivity index (χ1v) is 8.09. The van der Waals surface area contributed by atoms with Crippen LogP contribution in [0.5, 0.6) is 5.75 Å². The van der Waals surface area contributed by atoms with Gasteiger partial charge in [-0.3, -0.25) is 4.79 Å². The molecule has 6 nitrogen and oxygen atoms in total. The molecular weight excluding hydrogens is 300 g/mol. The van der Waals surface area contributed by atoms with Gasteiger partial charge in [0, 0.05) is 12.2 Å². The van der Waals surface area contributed by atoms with Crippen LogP contribution in [0, 0.1) is 6.92 Å². The van der Waals surface area contributed by atoms with Gasteiger partial charge in [-0.25, -0.2) is 0 Å². The lowest BCUT2D eigenvalue weighted by Gasteiger charge is -2.07. The van der Waals surface area contributed by atoms with E-state index in [1.165, 1.54) is 11.8 Å². The number of aromatic nitrogens is 3. The highest BCUT2D eigenvalue weighted by Gasteiger charge is 2.11. The van der Waals surface area contributed by atoms with Crippen molar-refractivity contribution in [1.82, 2.24) is 14.8 Å². The van der Waals surface area contributed by atoms with Crippen LogP contribution in [0.2, 0.25) is 0 Å². The van der Waals surface area contributed by atoms with Gasteiger partial charge in [0.25, 0.3) is 0 Å². The van der Waals surface area contributed by atoms with Crippen molar-refractivity contribution in [2.75, 3.05) is 18.2 Å². The fourth-order valence-electron chi connectivity index (χ4n) is 1.95. The summed E-state index contributed by atoms with van der Waals surface area (Å²) < 4.78 is 7.12. The molecule has 0 bridgehead atoms. The molecule has 0 atom stereocenters. The molecule has 2 aromatic rings. The van der Waals surface area contributed by atoms with E-state index in [1.54, 1.807) is 7.11 Å². The van der Waals surface area contributed by atoms with Crippen molar-refractivity contribution in [3.05, 3.63) is 30.1 Å². The number of ether oxygens (including phenoxy) is 1. The Morgan fingerprint density at radius 2 is 2.05 bits per heavy atom. The van der Waals surface area contributed by atoms with Gasteiger partial charge in [0.2, 0.25) is 5.91 Å². The van der Waals surface area contributed by atoms with E-state index in [0.717, 1.165) is 35.4 Å². The van der Waals surface area contributed by atoms with Crippen LogP contribution in [-0.2, 0) is 11.3 Å². The molecule has 0 aliphatic carbocycles. The number of hydrogen-bond donors (Lipinski definition) is 1. The molecule has 22 heavy (non-hydrogen) atoms. The molecule has 118 valence electrons. The Morgan fingerprint density at radius 1 is 1.32 bits per heavy atom. The molecule has 1 N–H and O–H groups in total. The Morgan fingerprint density at radius 3 is 2.68 bits per heavy atom. The normalized spacial score (nSPS) is 10.5. The molecule has 1 aromatic heterocycles. The molecule has 0 aliphatic heterocycles. The summed E-state index contributed by atoms with van der Waals surface area (Å²) in [5.41, 5.74) is 0.748. The Kier molecular flexibility index (Phi) is 5.83. The topological polar surface area (TPSA) is 69.0 Å². The van der Waals surface area contributed by atoms with Crippen molar-refractivity contribution in [2.24, 2.45) is 0 Å². The molecule has 0 unspecified atom stereocenters. The lowest BCUT2D eigenvalue weighted by Crippen LogP contribution is -2.14. The number of nitrogens with zero attached hydrogens (tertiary/aromatic N) is 3. The van der Waals surface area contributed by atoms with Crippen molar-refractivity contribution in [1.29, 1.82) is 0 Å². The van der Waals surface area contributed by atoms with Gasteiger partial charge in [-0.2, -0.15) is 0 Å². The molecule has 1 aromatic carbocycles. The standard InChI is InChI=1S/C15H20N4O2S/c1-4-9-19-11(2)17-18-15(19)22-10-14(20)16-12-5-7-13(21-3)8-6-12/h5-8H,4,9-10H2,1-3H3,(H,16,20). The number of thioether (sulfide) groups is 1. The summed E-state index contributed by atoms with van der Waals surface area (Å²) in [6.45, 7) is 4.88. The third kappa shape index (κ3) is 4.24. The highest BCUT2D eigenvalue weighted by atomic mass is 32.2. The van der Waals surface area contributed by atoms with Gasteiger partial charge in [0.1, 0.15) is 11.6 Å². The molecule has 1 heterocycles. The molecule has 0 aliphatic rings. The molecule has 1 amide bonds. The van der Waals surface area contributed by atoms with E-state index in [2.05, 4.69) is 22.4 Å². The number of methoxy groups -OCH3 is 1. The molecule has 0 saturated carbocycles. The zero-order valence-corrected chi connectivity index (χ0v) is 13.8. The summed E-state index contributed by atoms with van der Waals surface area (Å²) in [5, 5.41) is 11.8. The van der Waals surface area contributed by atoms with Crippen LogP contribution >= 0.6 is 11.8 Å². The summed E-state index contributed by atoms with van der Waals surface area (Å²) in [7, 11) is 1.61. The SMILES string of the molecule is CCCn1c(C)nnc1SCC(=O)Nc1ccc(OC)cc1. The summed E-state index contributed by atoms with van der Waals surface area (Å²) >= 11 is 1.40. The first-order valence-electron chi connectivity index (χ1n) is 7.10. The highest BCUT2D eigenvalue weighted by Crippen LogP contribution is 2.19. The summed E-state index contributed by atoms with van der Waals surface area (Å²) in [5.74, 6) is 1.86. The van der Waals surface area contributed by atoms with E-state index >= 15 is 0 Å². The first kappa shape index (κ1) is 16.4. The Bertz CT molecular complexity index is 625. The van der Waals surface area contributed by atoms with E-state index in [1.807, 2.05) is 35.8 Å². The van der Waals surface area contributed by atoms with Crippen molar-refractivity contribution in [3.63, 3.8) is 0 Å². The summed E-state index contributed by atoms with van der Waals surface area (Å²) in [6.07, 6.45) is 1.00. The van der Waals surface area contributed by atoms with Gasteiger partial charge >= 0.3 is 0 Å². The van der Waals surface area contributed by atoms with Crippen LogP contribution in [0.25, 0.3) is 0 Å². The van der Waals surface area contributed by atoms with Crippen molar-refractivity contribution in [3.8, 4) is 5.75 Å². The third-order valence-corrected chi connectivity index (χ3v) is 4.02. The van der Waals surface area contributed by atoms with E-state index in [0.29, 0.717) is 5.75 Å². The van der Waals surface area contributed by atoms with Crippen LogP contribution < -0.4 is 10.1 Å². The predicted octanol–water partition coefficient (Wildman–Crippen LogP) is 2.74. The minimum Gasteiger partial charge on any atom is -0.497 e. The van der Waals surface area contributed by atoms with Gasteiger partial charge in [-0.1, -0.05) is 18.7 Å². The number of nitrogens with one attached hydrogen (secondary N) is 1. The zero-order chi connectivity index (χ0) is 15.9. The minimum absolute atomic E-state index is 0.0705. The number of anilines is 1. The van der Waals surface area contributed by atoms with Gasteiger partial charge < -0.3 is 14.6 Å². The molecular formula is C15H20N4O2S. The van der Waals surface area contributed by atoms with Crippen molar-refractivity contribution >= 4 is 23.4 Å². The number of benzene rings is 1. The second kappa shape index (κ2) is 7.84. The Hall–Kier alpha value is -2.02. The van der Waals surface area contributed by atoms with Gasteiger partial charge in [-0.15, -0.1) is 10.2 Å². The number of carbonyl (C=O) groups excluding carboxylic acids is 1. The first-order chi connectivity index (χ1) is 10.6. The van der Waals surface area contributed by atoms with E-state index < -0.39 is 0 Å². The fourth-order valence-corrected chi connectivity index (χ4v) is 2.76. The van der Waals surface area contributed by atoms with E-state index in [9.17, 15) is 4.79 Å². The summed E-state index contributed by atoms with van der Waals surface area (Å²) in [6, 6.07) is 7.24. The molecule has 0 spiro atoms. The smallest absolute Gasteiger partial charge is 0.234 e. The maximum Gasteiger partial charge on any atom is 0.234 e. The zero-order valence-electron chi connectivity index (χ0n) is 13.0. The summed E-state index contributed by atoms with van der Waals surface area (Å²) in [4.78, 5) is 12.0. The van der Waals surface area contributed by atoms with E-state index in [4.69, 9.17) is 4.74 Å². The molecule has 0 radical (unpaired) electrons. The van der Waals surface area contributed by atoms with Crippen LogP contribution in [0.4, 0.5) is 5.69 Å². The number of carbonyl (C=O) groups is 1. The minimum atomic E-state index is -0.0705. The maximum atomic E-state index is 12.0. The van der Waals surface area contributed by atoms with Crippen molar-refractivity contribution in [2.45, 2.75) is 32.0 Å². The van der Waals surface area contributed by atoms with Crippen LogP contribution in [0.3, 0.4) is 0 Å². The third-order valence-electron chi connectivity index (χ3n) is 3.06. The molecule has 2 rings (SSSR count). The van der Waals surface area contributed by atoms with E-state index in [-0.39, 0.29) is 5.91 Å². The second-order valence-corrected chi connectivity index (χ2v) is 5.69. The Balaban J connectivity index is 1.89. The number of amides is 1. The quantitative estimate of drug-likeness (QED) is 0.794. The van der Waals surface area contributed by atoms with Crippen molar-refractivity contribution < 1.29 is 9.53 Å². The average Bonchev–Trinajstić information content (AvgIpc) is 2.87. The molecule has 0 fully saturated rings. The highest BCUT2D eigenvalue weighted by molar-refractivity contribution is 7.99. The number of rotatable bonds is 7. The van der Waals surface area contributed by atoms with Gasteiger partial charge in [-0.05, 0) is 37.6 Å². The Labute approximate surface area is 134 Å².